The van der Waals surface area contributed by atoms with Gasteiger partial charge in [-0.25, -0.2) is 0 Å². The van der Waals surface area contributed by atoms with Crippen LogP contribution in [0.5, 0.6) is 0 Å². The predicted octanol–water partition coefficient (Wildman–Crippen LogP) is 3.53. The van der Waals surface area contributed by atoms with Gasteiger partial charge in [-0.05, 0) is 49.8 Å². The lowest BCUT2D eigenvalue weighted by molar-refractivity contribution is 0.0605. The summed E-state index contributed by atoms with van der Waals surface area (Å²) in [5, 5.41) is 3.44. The van der Waals surface area contributed by atoms with E-state index in [1.54, 1.807) is 28.8 Å². The van der Waals surface area contributed by atoms with Crippen molar-refractivity contribution >= 4 is 23.4 Å². The summed E-state index contributed by atoms with van der Waals surface area (Å²) < 4.78 is 6.83. The first kappa shape index (κ1) is 25.0. The number of carbonyl (C=O) groups is 2. The minimum atomic E-state index is -0.533. The van der Waals surface area contributed by atoms with E-state index in [0.717, 1.165) is 31.2 Å². The van der Waals surface area contributed by atoms with Crippen molar-refractivity contribution in [1.82, 2.24) is 14.8 Å². The molecule has 178 valence electrons. The normalized spacial score (nSPS) is 16.0. The zero-order chi connectivity index (χ0) is 23.8. The fourth-order valence-electron chi connectivity index (χ4n) is 4.23. The van der Waals surface area contributed by atoms with Crippen LogP contribution < -0.4 is 10.7 Å². The number of pyridine rings is 1. The van der Waals surface area contributed by atoms with Gasteiger partial charge in [0.05, 0.1) is 6.61 Å². The van der Waals surface area contributed by atoms with Crippen molar-refractivity contribution in [2.45, 2.75) is 51.6 Å². The van der Waals surface area contributed by atoms with E-state index in [1.165, 1.54) is 6.20 Å². The number of carbonyl (C=O) groups excluding carboxylic acids is 2. The molecule has 1 aromatic heterocycles. The first-order valence-electron chi connectivity index (χ1n) is 11.5. The molecule has 1 atom stereocenters. The van der Waals surface area contributed by atoms with Gasteiger partial charge in [0.1, 0.15) is 11.1 Å². The number of rotatable bonds is 9. The van der Waals surface area contributed by atoms with Crippen molar-refractivity contribution in [3.05, 3.63) is 68.6 Å². The summed E-state index contributed by atoms with van der Waals surface area (Å²) in [6.07, 6.45) is 7.40. The number of halogens is 1. The third-order valence-corrected chi connectivity index (χ3v) is 6.29. The van der Waals surface area contributed by atoms with Gasteiger partial charge < -0.3 is 19.5 Å². The SMILES string of the molecule is CC[C@@H]1CCCCN1C(=O)c1cn(CCOC)cc(C(=O)NCCc2cccc(Cl)c2)c1=O. The molecule has 1 N–H and O–H groups in total. The quantitative estimate of drug-likeness (QED) is 0.604. The van der Waals surface area contributed by atoms with Crippen LogP contribution in [-0.4, -0.2) is 54.1 Å². The molecule has 2 heterocycles. The highest BCUT2D eigenvalue weighted by molar-refractivity contribution is 6.30. The van der Waals surface area contributed by atoms with Crippen molar-refractivity contribution in [2.75, 3.05) is 26.8 Å². The molecule has 0 unspecified atom stereocenters. The van der Waals surface area contributed by atoms with E-state index in [-0.39, 0.29) is 23.1 Å². The Bertz CT molecular complexity index is 1040. The zero-order valence-corrected chi connectivity index (χ0v) is 20.1. The van der Waals surface area contributed by atoms with Crippen LogP contribution in [0.25, 0.3) is 0 Å². The second-order valence-electron chi connectivity index (χ2n) is 8.34. The number of hydrogen-bond acceptors (Lipinski definition) is 4. The van der Waals surface area contributed by atoms with Crippen molar-refractivity contribution in [3.8, 4) is 0 Å². The van der Waals surface area contributed by atoms with Gasteiger partial charge in [0.25, 0.3) is 11.8 Å². The van der Waals surface area contributed by atoms with Crippen LogP contribution in [0.15, 0.2) is 41.5 Å². The molecule has 1 aliphatic heterocycles. The number of piperidine rings is 1. The third-order valence-electron chi connectivity index (χ3n) is 6.06. The lowest BCUT2D eigenvalue weighted by Gasteiger charge is -2.35. The van der Waals surface area contributed by atoms with Gasteiger partial charge in [-0.1, -0.05) is 30.7 Å². The van der Waals surface area contributed by atoms with E-state index in [4.69, 9.17) is 16.3 Å². The topological polar surface area (TPSA) is 80.6 Å². The molecule has 1 aliphatic rings. The molecule has 7 nitrogen and oxygen atoms in total. The Balaban J connectivity index is 1.83. The first-order valence-corrected chi connectivity index (χ1v) is 11.9. The number of amides is 2. The van der Waals surface area contributed by atoms with Gasteiger partial charge in [-0.15, -0.1) is 0 Å². The lowest BCUT2D eigenvalue weighted by atomic mass is 9.98. The highest BCUT2D eigenvalue weighted by Crippen LogP contribution is 2.21. The van der Waals surface area contributed by atoms with Crippen molar-refractivity contribution in [1.29, 1.82) is 0 Å². The standard InChI is InChI=1S/C25H32ClN3O4/c1-3-20-9-4-5-12-29(20)25(32)22-17-28(13-14-33-2)16-21(23(22)30)24(31)27-11-10-18-7-6-8-19(26)15-18/h6-8,15-17,20H,3-5,9-14H2,1-2H3,(H,27,31)/t20-/m1/s1. The summed E-state index contributed by atoms with van der Waals surface area (Å²) in [5.74, 6) is -0.792. The Morgan fingerprint density at radius 3 is 2.73 bits per heavy atom. The van der Waals surface area contributed by atoms with Gasteiger partial charge in [0.15, 0.2) is 0 Å². The fraction of sp³-hybridized carbons (Fsp3) is 0.480. The minimum absolute atomic E-state index is 0.0342. The summed E-state index contributed by atoms with van der Waals surface area (Å²) in [4.78, 5) is 41.3. The first-order chi connectivity index (χ1) is 15.9. The second kappa shape index (κ2) is 12.0. The number of ether oxygens (including phenoxy) is 1. The molecule has 0 radical (unpaired) electrons. The molecule has 8 heteroatoms. The summed E-state index contributed by atoms with van der Waals surface area (Å²) in [7, 11) is 1.58. The molecule has 2 amide bonds. The largest absolute Gasteiger partial charge is 0.383 e. The number of benzene rings is 1. The second-order valence-corrected chi connectivity index (χ2v) is 8.77. The number of nitrogens with zero attached hydrogens (tertiary/aromatic N) is 2. The molecule has 3 rings (SSSR count). The number of hydrogen-bond donors (Lipinski definition) is 1. The zero-order valence-electron chi connectivity index (χ0n) is 19.3. The molecular formula is C25H32ClN3O4. The predicted molar refractivity (Wildman–Crippen MR) is 129 cm³/mol. The highest BCUT2D eigenvalue weighted by atomic mass is 35.5. The van der Waals surface area contributed by atoms with E-state index >= 15 is 0 Å². The van der Waals surface area contributed by atoms with E-state index in [1.807, 2.05) is 18.2 Å². The average Bonchev–Trinajstić information content (AvgIpc) is 2.82. The molecule has 0 aliphatic carbocycles. The molecule has 1 saturated heterocycles. The maximum atomic E-state index is 13.4. The number of aromatic nitrogens is 1. The molecule has 0 spiro atoms. The third kappa shape index (κ3) is 6.45. The van der Waals surface area contributed by atoms with Crippen LogP contribution in [-0.2, 0) is 17.7 Å². The van der Waals surface area contributed by atoms with Crippen LogP contribution in [0.4, 0.5) is 0 Å². The lowest BCUT2D eigenvalue weighted by Crippen LogP contribution is -2.45. The van der Waals surface area contributed by atoms with E-state index in [2.05, 4.69) is 12.2 Å². The number of methoxy groups -OCH3 is 1. The number of nitrogens with one attached hydrogen (secondary N) is 1. The Kier molecular flexibility index (Phi) is 9.09. The van der Waals surface area contributed by atoms with E-state index in [0.29, 0.717) is 37.7 Å². The smallest absolute Gasteiger partial charge is 0.259 e. The van der Waals surface area contributed by atoms with Crippen molar-refractivity contribution in [2.24, 2.45) is 0 Å². The summed E-state index contributed by atoms with van der Waals surface area (Å²) in [5.41, 5.74) is 0.455. The van der Waals surface area contributed by atoms with Crippen molar-refractivity contribution in [3.63, 3.8) is 0 Å². The average molecular weight is 474 g/mol. The Labute approximate surface area is 199 Å². The van der Waals surface area contributed by atoms with Crippen LogP contribution >= 0.6 is 11.6 Å². The molecule has 2 aromatic rings. The van der Waals surface area contributed by atoms with E-state index < -0.39 is 11.3 Å². The Hall–Kier alpha value is -2.64. The molecular weight excluding hydrogens is 442 g/mol. The van der Waals surface area contributed by atoms with Gasteiger partial charge in [-0.3, -0.25) is 14.4 Å². The maximum Gasteiger partial charge on any atom is 0.259 e. The maximum absolute atomic E-state index is 13.4. The minimum Gasteiger partial charge on any atom is -0.383 e. The van der Waals surface area contributed by atoms with Crippen LogP contribution in [0.1, 0.15) is 58.9 Å². The molecule has 1 fully saturated rings. The van der Waals surface area contributed by atoms with Gasteiger partial charge in [-0.2, -0.15) is 0 Å². The summed E-state index contributed by atoms with van der Waals surface area (Å²) in [6.45, 7) is 3.85. The van der Waals surface area contributed by atoms with Gasteiger partial charge in [0.2, 0.25) is 5.43 Å². The highest BCUT2D eigenvalue weighted by Gasteiger charge is 2.29. The molecule has 33 heavy (non-hydrogen) atoms. The molecule has 0 saturated carbocycles. The summed E-state index contributed by atoms with van der Waals surface area (Å²) >= 11 is 6.02. The monoisotopic (exact) mass is 473 g/mol. The van der Waals surface area contributed by atoms with Gasteiger partial charge in [0, 0.05) is 50.2 Å². The summed E-state index contributed by atoms with van der Waals surface area (Å²) in [6, 6.07) is 7.53. The Morgan fingerprint density at radius 2 is 2.00 bits per heavy atom. The molecule has 1 aromatic carbocycles. The van der Waals surface area contributed by atoms with Crippen LogP contribution in [0.3, 0.4) is 0 Å². The van der Waals surface area contributed by atoms with Crippen LogP contribution in [0, 0.1) is 0 Å². The Morgan fingerprint density at radius 1 is 1.21 bits per heavy atom. The van der Waals surface area contributed by atoms with E-state index in [9.17, 15) is 14.4 Å². The van der Waals surface area contributed by atoms with Crippen LogP contribution in [0.2, 0.25) is 5.02 Å². The van der Waals surface area contributed by atoms with Crippen molar-refractivity contribution < 1.29 is 14.3 Å². The fourth-order valence-corrected chi connectivity index (χ4v) is 4.44. The van der Waals surface area contributed by atoms with Gasteiger partial charge >= 0.3 is 0 Å². The molecule has 0 bridgehead atoms. The number of likely N-dealkylation sites (tertiary alicyclic amines) is 1.